The highest BCUT2D eigenvalue weighted by Crippen LogP contribution is 2.29. The first-order valence-electron chi connectivity index (χ1n) is 9.55. The molecule has 0 saturated carbocycles. The van der Waals surface area contributed by atoms with Crippen LogP contribution < -0.4 is 16.3 Å². The third-order valence-electron chi connectivity index (χ3n) is 5.08. The fourth-order valence-corrected chi connectivity index (χ4v) is 4.34. The van der Waals surface area contributed by atoms with Crippen molar-refractivity contribution in [3.8, 4) is 0 Å². The maximum Gasteiger partial charge on any atom is 0.346 e. The van der Waals surface area contributed by atoms with Crippen LogP contribution in [0.3, 0.4) is 0 Å². The number of nitrogens with two attached hydrogens (primary N) is 1. The number of aromatic nitrogens is 2. The molecule has 10 heteroatoms. The molecule has 4 heterocycles. The Morgan fingerprint density at radius 2 is 2.00 bits per heavy atom. The van der Waals surface area contributed by atoms with Crippen molar-refractivity contribution in [3.63, 3.8) is 0 Å². The number of amides is 1. The van der Waals surface area contributed by atoms with Crippen LogP contribution >= 0.6 is 11.3 Å². The van der Waals surface area contributed by atoms with Gasteiger partial charge in [0.1, 0.15) is 0 Å². The molecule has 1 aliphatic heterocycles. The van der Waals surface area contributed by atoms with Crippen molar-refractivity contribution in [1.29, 1.82) is 0 Å². The molecule has 0 unspecified atom stereocenters. The molecule has 9 nitrogen and oxygen atoms in total. The number of hydrogen-bond donors (Lipinski definition) is 1. The van der Waals surface area contributed by atoms with Gasteiger partial charge in [-0.2, -0.15) is 0 Å². The third kappa shape index (κ3) is 3.39. The molecule has 1 fully saturated rings. The fraction of sp³-hybridized carbons (Fsp3) is 0.300. The zero-order chi connectivity index (χ0) is 21.3. The van der Waals surface area contributed by atoms with E-state index in [9.17, 15) is 14.4 Å². The first kappa shape index (κ1) is 19.9. The molecular formula is C20H21N5O4S. The standard InChI is InChI=1S/C20H21N5O4S/c1-2-29-20(28)16-17(13-5-6-22-12-14(13)25(21)19(16)27)23-7-9-24(10-8-23)18(26)15-4-3-11-30-15/h3-6,11-12H,2,7-10,21H2,1H3. The number of fused-ring (bicyclic) bond motifs is 1. The van der Waals surface area contributed by atoms with Crippen LogP contribution in [0.25, 0.3) is 10.9 Å². The average Bonchev–Trinajstić information content (AvgIpc) is 3.31. The summed E-state index contributed by atoms with van der Waals surface area (Å²) in [6, 6.07) is 5.38. The molecule has 0 aromatic carbocycles. The summed E-state index contributed by atoms with van der Waals surface area (Å²) in [7, 11) is 0. The van der Waals surface area contributed by atoms with Crippen LogP contribution in [0.1, 0.15) is 27.0 Å². The van der Waals surface area contributed by atoms with E-state index in [2.05, 4.69) is 4.98 Å². The average molecular weight is 427 g/mol. The number of ether oxygens (including phenoxy) is 1. The van der Waals surface area contributed by atoms with Crippen molar-refractivity contribution < 1.29 is 14.3 Å². The van der Waals surface area contributed by atoms with Crippen LogP contribution in [0.15, 0.2) is 40.8 Å². The molecule has 0 bridgehead atoms. The molecule has 3 aromatic rings. The topological polar surface area (TPSA) is 111 Å². The number of rotatable bonds is 4. The van der Waals surface area contributed by atoms with Gasteiger partial charge in [-0.1, -0.05) is 6.07 Å². The highest BCUT2D eigenvalue weighted by atomic mass is 32.1. The molecule has 3 aromatic heterocycles. The fourth-order valence-electron chi connectivity index (χ4n) is 3.65. The van der Waals surface area contributed by atoms with E-state index >= 15 is 0 Å². The van der Waals surface area contributed by atoms with Gasteiger partial charge in [0.15, 0.2) is 5.56 Å². The second-order valence-corrected chi connectivity index (χ2v) is 7.72. The van der Waals surface area contributed by atoms with Crippen molar-refractivity contribution in [3.05, 3.63) is 56.8 Å². The van der Waals surface area contributed by atoms with Gasteiger partial charge in [0.2, 0.25) is 0 Å². The van der Waals surface area contributed by atoms with Crippen LogP contribution in [-0.4, -0.2) is 59.2 Å². The van der Waals surface area contributed by atoms with Crippen molar-refractivity contribution >= 4 is 39.8 Å². The van der Waals surface area contributed by atoms with Crippen LogP contribution in [-0.2, 0) is 4.74 Å². The molecule has 0 atom stereocenters. The van der Waals surface area contributed by atoms with Crippen molar-refractivity contribution in [1.82, 2.24) is 14.6 Å². The van der Waals surface area contributed by atoms with Gasteiger partial charge in [-0.05, 0) is 24.4 Å². The molecule has 1 aliphatic rings. The lowest BCUT2D eigenvalue weighted by atomic mass is 10.1. The molecule has 30 heavy (non-hydrogen) atoms. The van der Waals surface area contributed by atoms with Crippen LogP contribution in [0.4, 0.5) is 5.69 Å². The van der Waals surface area contributed by atoms with Crippen molar-refractivity contribution in [2.24, 2.45) is 0 Å². The normalized spacial score (nSPS) is 14.2. The second-order valence-electron chi connectivity index (χ2n) is 6.77. The van der Waals surface area contributed by atoms with E-state index in [1.54, 1.807) is 30.2 Å². The Hall–Kier alpha value is -3.40. The first-order valence-corrected chi connectivity index (χ1v) is 10.4. The predicted octanol–water partition coefficient (Wildman–Crippen LogP) is 1.31. The Morgan fingerprint density at radius 1 is 1.23 bits per heavy atom. The molecule has 4 rings (SSSR count). The minimum atomic E-state index is -0.715. The Morgan fingerprint density at radius 3 is 2.67 bits per heavy atom. The SMILES string of the molecule is CCOC(=O)c1c(N2CCN(C(=O)c3cccs3)CC2)c2ccncc2n(N)c1=O. The number of nitrogen functional groups attached to an aromatic ring is 1. The van der Waals surface area contributed by atoms with Crippen LogP contribution in [0, 0.1) is 0 Å². The van der Waals surface area contributed by atoms with Crippen molar-refractivity contribution in [2.75, 3.05) is 43.5 Å². The molecule has 0 radical (unpaired) electrons. The number of carbonyl (C=O) groups excluding carboxylic acids is 2. The Bertz CT molecular complexity index is 1150. The number of carbonyl (C=O) groups is 2. The van der Waals surface area contributed by atoms with Gasteiger partial charge in [-0.3, -0.25) is 14.6 Å². The van der Waals surface area contributed by atoms with E-state index in [1.807, 2.05) is 16.3 Å². The predicted molar refractivity (Wildman–Crippen MR) is 115 cm³/mol. The quantitative estimate of drug-likeness (QED) is 0.494. The lowest BCUT2D eigenvalue weighted by Crippen LogP contribution is -2.49. The van der Waals surface area contributed by atoms with E-state index in [0.29, 0.717) is 47.6 Å². The van der Waals surface area contributed by atoms with Crippen LogP contribution in [0.5, 0.6) is 0 Å². The van der Waals surface area contributed by atoms with E-state index in [4.69, 9.17) is 10.6 Å². The molecule has 0 spiro atoms. The first-order chi connectivity index (χ1) is 14.5. The van der Waals surface area contributed by atoms with Gasteiger partial charge < -0.3 is 20.4 Å². The zero-order valence-electron chi connectivity index (χ0n) is 16.4. The number of esters is 1. The zero-order valence-corrected chi connectivity index (χ0v) is 17.2. The Kier molecular flexibility index (Phi) is 5.40. The van der Waals surface area contributed by atoms with Crippen LogP contribution in [0.2, 0.25) is 0 Å². The number of hydrogen-bond acceptors (Lipinski definition) is 8. The monoisotopic (exact) mass is 427 g/mol. The highest BCUT2D eigenvalue weighted by molar-refractivity contribution is 7.12. The number of nitrogens with zero attached hydrogens (tertiary/aromatic N) is 4. The number of thiophene rings is 1. The number of piperazine rings is 1. The van der Waals surface area contributed by atoms with E-state index in [0.717, 1.165) is 4.68 Å². The molecule has 1 amide bonds. The summed E-state index contributed by atoms with van der Waals surface area (Å²) in [5.74, 6) is 5.23. The van der Waals surface area contributed by atoms with E-state index in [-0.39, 0.29) is 18.1 Å². The largest absolute Gasteiger partial charge is 0.462 e. The maximum atomic E-state index is 12.9. The summed E-state index contributed by atoms with van der Waals surface area (Å²) in [4.78, 5) is 46.7. The summed E-state index contributed by atoms with van der Waals surface area (Å²) in [6.45, 7) is 3.69. The van der Waals surface area contributed by atoms with Gasteiger partial charge in [-0.25, -0.2) is 9.47 Å². The lowest BCUT2D eigenvalue weighted by molar-refractivity contribution is 0.0523. The highest BCUT2D eigenvalue weighted by Gasteiger charge is 2.30. The maximum absolute atomic E-state index is 12.9. The minimum absolute atomic E-state index is 0.0123. The van der Waals surface area contributed by atoms with Gasteiger partial charge in [0.25, 0.3) is 11.5 Å². The van der Waals surface area contributed by atoms with Crippen molar-refractivity contribution in [2.45, 2.75) is 6.92 Å². The summed E-state index contributed by atoms with van der Waals surface area (Å²) in [6.07, 6.45) is 3.08. The van der Waals surface area contributed by atoms with E-state index in [1.165, 1.54) is 17.5 Å². The van der Waals surface area contributed by atoms with Gasteiger partial charge in [-0.15, -0.1) is 11.3 Å². The molecular weight excluding hydrogens is 406 g/mol. The summed E-state index contributed by atoms with van der Waals surface area (Å²) >= 11 is 1.41. The molecule has 2 N–H and O–H groups in total. The summed E-state index contributed by atoms with van der Waals surface area (Å²) in [5, 5.41) is 2.50. The number of anilines is 1. The minimum Gasteiger partial charge on any atom is -0.462 e. The molecule has 1 saturated heterocycles. The second kappa shape index (κ2) is 8.15. The Balaban J connectivity index is 1.72. The summed E-state index contributed by atoms with van der Waals surface area (Å²) < 4.78 is 6.06. The van der Waals surface area contributed by atoms with E-state index < -0.39 is 11.5 Å². The number of pyridine rings is 2. The van der Waals surface area contributed by atoms with Gasteiger partial charge in [0.05, 0.1) is 28.9 Å². The molecule has 156 valence electrons. The third-order valence-corrected chi connectivity index (χ3v) is 5.94. The van der Waals surface area contributed by atoms with Gasteiger partial charge >= 0.3 is 5.97 Å². The van der Waals surface area contributed by atoms with Gasteiger partial charge in [0, 0.05) is 37.8 Å². The smallest absolute Gasteiger partial charge is 0.346 e. The molecule has 0 aliphatic carbocycles. The lowest BCUT2D eigenvalue weighted by Gasteiger charge is -2.37. The summed E-state index contributed by atoms with van der Waals surface area (Å²) in [5.41, 5.74) is 0.153. The Labute approximate surface area is 176 Å².